The number of piperidine rings is 1. The molecule has 1 aromatic heterocycles. The zero-order valence-electron chi connectivity index (χ0n) is 25.2. The van der Waals surface area contributed by atoms with Crippen LogP contribution in [-0.4, -0.2) is 35.8 Å². The fraction of sp³-hybridized carbons (Fsp3) is 0.812. The normalized spacial score (nSPS) is 48.6. The van der Waals surface area contributed by atoms with E-state index in [9.17, 15) is 0 Å². The van der Waals surface area contributed by atoms with E-state index in [1.54, 1.807) is 34.6 Å². The summed E-state index contributed by atoms with van der Waals surface area (Å²) < 4.78 is 110. The number of hydrogen-bond donors (Lipinski definition) is 0. The molecule has 2 aliphatic rings. The maximum absolute atomic E-state index is 8.72. The van der Waals surface area contributed by atoms with Gasteiger partial charge in [-0.2, -0.15) is 0 Å². The number of aryl methyl sites for hydroxylation is 1. The van der Waals surface area contributed by atoms with E-state index in [-0.39, 0.29) is 10.5 Å². The third kappa shape index (κ3) is 2.70. The summed E-state index contributed by atoms with van der Waals surface area (Å²) in [5.41, 5.74) is -1.36. The average Bonchev–Trinajstić information content (AvgIpc) is 3.08. The Labute approximate surface area is 155 Å². The van der Waals surface area contributed by atoms with Gasteiger partial charge in [0.15, 0.2) is 5.13 Å². The largest absolute Gasteiger partial charge is 0.515 e. The predicted molar refractivity (Wildman–Crippen MR) is 93.2 cm³/mol. The first kappa shape index (κ1) is 7.12. The first-order chi connectivity index (χ1) is 14.8. The van der Waals surface area contributed by atoms with Crippen LogP contribution in [0.5, 0.6) is 0 Å². The van der Waals surface area contributed by atoms with Gasteiger partial charge in [0.25, 0.3) is 0 Å². The van der Waals surface area contributed by atoms with Gasteiger partial charge >= 0.3 is 7.12 Å². The number of nitrogens with zero attached hydrogens (tertiary/aromatic N) is 2. The molecule has 2 aliphatic heterocycles. The maximum atomic E-state index is 8.72. The summed E-state index contributed by atoms with van der Waals surface area (Å²) in [5.74, 6) is 0. The second-order valence-electron chi connectivity index (χ2n) is 6.20. The summed E-state index contributed by atoms with van der Waals surface area (Å²) in [6, 6.07) is -3.57. The Morgan fingerprint density at radius 2 is 2.05 bits per heavy atom. The van der Waals surface area contributed by atoms with Crippen molar-refractivity contribution >= 4 is 29.2 Å². The number of aromatic nitrogens is 1. The summed E-state index contributed by atoms with van der Waals surface area (Å²) in [7, 11) is -1.03. The Bertz CT molecular complexity index is 979. The fourth-order valence-corrected chi connectivity index (χ4v) is 2.98. The highest BCUT2D eigenvalue weighted by atomic mass is 32.1. The number of thiazole rings is 1. The van der Waals surface area contributed by atoms with Gasteiger partial charge in [0.2, 0.25) is 0 Å². The Morgan fingerprint density at radius 1 is 1.36 bits per heavy atom. The minimum atomic E-state index is -3.69. The Morgan fingerprint density at radius 3 is 2.68 bits per heavy atom. The lowest BCUT2D eigenvalue weighted by Crippen LogP contribution is -2.41. The second kappa shape index (κ2) is 5.50. The van der Waals surface area contributed by atoms with Gasteiger partial charge in [-0.3, -0.25) is 0 Å². The summed E-state index contributed by atoms with van der Waals surface area (Å²) >= 11 is 0.719. The zero-order valence-corrected chi connectivity index (χ0v) is 14.0. The van der Waals surface area contributed by atoms with E-state index in [0.29, 0.717) is 4.88 Å². The van der Waals surface area contributed by atoms with E-state index in [4.69, 9.17) is 25.8 Å². The van der Waals surface area contributed by atoms with E-state index in [1.807, 2.05) is 0 Å². The SMILES string of the molecule is [2H]C([2H])([2H])C1([2H])N(c2nc(B3OC(C)(C)C(C)(C)O3)c(C)s2)C([2H])([2H])C([2H])([2H])C([2H])([2H])C1([2H])[2H]. The molecule has 3 rings (SSSR count). The van der Waals surface area contributed by atoms with Crippen LogP contribution in [0.4, 0.5) is 5.13 Å². The van der Waals surface area contributed by atoms with Gasteiger partial charge in [-0.25, -0.2) is 4.98 Å². The molecule has 122 valence electrons. The summed E-state index contributed by atoms with van der Waals surface area (Å²) in [6.07, 6.45) is -10.9. The molecule has 0 radical (unpaired) electrons. The highest BCUT2D eigenvalue weighted by Crippen LogP contribution is 2.37. The average molecular weight is 334 g/mol. The lowest BCUT2D eigenvalue weighted by Gasteiger charge is -2.33. The van der Waals surface area contributed by atoms with E-state index in [1.165, 1.54) is 0 Å². The first-order valence-electron chi connectivity index (χ1n) is 12.9. The second-order valence-corrected chi connectivity index (χ2v) is 7.38. The van der Waals surface area contributed by atoms with Crippen LogP contribution in [0.25, 0.3) is 0 Å². The van der Waals surface area contributed by atoms with Crippen molar-refractivity contribution in [1.82, 2.24) is 4.98 Å². The summed E-state index contributed by atoms with van der Waals surface area (Å²) in [5, 5.41) is -0.499. The highest BCUT2D eigenvalue weighted by molar-refractivity contribution is 7.16. The molecule has 0 bridgehead atoms. The quantitative estimate of drug-likeness (QED) is 0.779. The molecule has 3 heterocycles. The molecule has 1 unspecified atom stereocenters. The van der Waals surface area contributed by atoms with E-state index < -0.39 is 61.9 Å². The lowest BCUT2D eigenvalue weighted by molar-refractivity contribution is 0.00578. The third-order valence-corrected chi connectivity index (χ3v) is 5.10. The van der Waals surface area contributed by atoms with Crippen LogP contribution < -0.4 is 10.5 Å². The van der Waals surface area contributed by atoms with Gasteiger partial charge in [0.1, 0.15) is 0 Å². The van der Waals surface area contributed by atoms with Crippen molar-refractivity contribution in [3.05, 3.63) is 4.88 Å². The Kier molecular flexibility index (Phi) is 1.78. The van der Waals surface area contributed by atoms with Crippen molar-refractivity contribution in [2.45, 2.75) is 77.8 Å². The monoisotopic (exact) mass is 334 g/mol. The molecule has 4 nitrogen and oxygen atoms in total. The van der Waals surface area contributed by atoms with Crippen LogP contribution in [0.15, 0.2) is 0 Å². The topological polar surface area (TPSA) is 34.6 Å². The molecule has 2 saturated heterocycles. The molecule has 2 fully saturated rings. The van der Waals surface area contributed by atoms with Gasteiger partial charge in [-0.1, -0.05) is 0 Å². The van der Waals surface area contributed by atoms with Crippen LogP contribution in [-0.2, 0) is 9.31 Å². The van der Waals surface area contributed by atoms with Crippen LogP contribution >= 0.6 is 11.3 Å². The van der Waals surface area contributed by atoms with Crippen molar-refractivity contribution in [3.8, 4) is 0 Å². The molecule has 1 atom stereocenters. The smallest absolute Gasteiger partial charge is 0.398 e. The highest BCUT2D eigenvalue weighted by Gasteiger charge is 2.53. The number of anilines is 1. The van der Waals surface area contributed by atoms with Gasteiger partial charge in [-0.05, 0) is 60.6 Å². The molecule has 0 saturated carbocycles. The van der Waals surface area contributed by atoms with Crippen molar-refractivity contribution in [3.63, 3.8) is 0 Å². The van der Waals surface area contributed by atoms with E-state index in [2.05, 4.69) is 4.98 Å². The van der Waals surface area contributed by atoms with Crippen LogP contribution in [0.1, 0.15) is 75.0 Å². The van der Waals surface area contributed by atoms with Crippen LogP contribution in [0.3, 0.4) is 0 Å². The molecule has 0 aliphatic carbocycles. The van der Waals surface area contributed by atoms with Gasteiger partial charge < -0.3 is 14.2 Å². The Balaban J connectivity index is 2.26. The van der Waals surface area contributed by atoms with Gasteiger partial charge in [0.05, 0.1) is 18.2 Å². The molecule has 0 spiro atoms. The molecule has 1 aromatic rings. The van der Waals surface area contributed by atoms with Gasteiger partial charge in [-0.15, -0.1) is 11.3 Å². The number of hydrogen-bond acceptors (Lipinski definition) is 5. The third-order valence-electron chi connectivity index (χ3n) is 4.12. The Hall–Kier alpha value is -0.585. The molecule has 0 amide bonds. The van der Waals surface area contributed by atoms with Crippen molar-refractivity contribution in [2.75, 3.05) is 11.4 Å². The lowest BCUT2D eigenvalue weighted by atomic mass is 9.84. The van der Waals surface area contributed by atoms with E-state index in [0.717, 1.165) is 11.3 Å². The van der Waals surface area contributed by atoms with Crippen LogP contribution in [0, 0.1) is 6.92 Å². The molecule has 0 aromatic carbocycles. The van der Waals surface area contributed by atoms with Crippen LogP contribution in [0.2, 0.25) is 0 Å². The predicted octanol–water partition coefficient (Wildman–Crippen LogP) is 3.13. The minimum Gasteiger partial charge on any atom is -0.398 e. The van der Waals surface area contributed by atoms with Gasteiger partial charge in [0, 0.05) is 32.5 Å². The first-order valence-corrected chi connectivity index (χ1v) is 7.76. The molecular formula is C16H27BN2O2S. The zero-order chi connectivity index (χ0) is 26.7. The fourth-order valence-electron chi connectivity index (χ4n) is 2.09. The number of rotatable bonds is 2. The summed E-state index contributed by atoms with van der Waals surface area (Å²) in [4.78, 5) is 4.78. The molecular weight excluding hydrogens is 295 g/mol. The van der Waals surface area contributed by atoms with E-state index >= 15 is 0 Å². The molecule has 6 heteroatoms. The molecule has 0 N–H and O–H groups in total. The van der Waals surface area contributed by atoms with Crippen molar-refractivity contribution < 1.29 is 25.8 Å². The minimum absolute atomic E-state index is 0.126. The maximum Gasteiger partial charge on any atom is 0.515 e. The molecule has 22 heavy (non-hydrogen) atoms. The van der Waals surface area contributed by atoms with Crippen molar-refractivity contribution in [2.24, 2.45) is 0 Å². The standard InChI is InChI=1S/C16H27BN2O2S/c1-11-9-7-8-10-19(11)14-18-13(12(2)22-14)17-20-15(3,4)16(5,6)21-17/h11H,7-10H2,1-6H3/i1D3,7D2,8D2,9D2,10D2,11D. The van der Waals surface area contributed by atoms with Crippen molar-refractivity contribution in [1.29, 1.82) is 0 Å². The summed E-state index contributed by atoms with van der Waals surface area (Å²) in [6.45, 7) is 1.69.